The van der Waals surface area contributed by atoms with Crippen LogP contribution in [0.2, 0.25) is 0 Å². The molecule has 194 valence electrons. The van der Waals surface area contributed by atoms with Crippen molar-refractivity contribution in [1.29, 1.82) is 0 Å². The molecule has 0 aliphatic heterocycles. The summed E-state index contributed by atoms with van der Waals surface area (Å²) in [6.45, 7) is 4.67. The van der Waals surface area contributed by atoms with Crippen molar-refractivity contribution in [1.82, 2.24) is 15.0 Å². The van der Waals surface area contributed by atoms with E-state index in [9.17, 15) is 0 Å². The first-order valence-corrected chi connectivity index (χ1v) is 14.0. The Morgan fingerprint density at radius 3 is 2.12 bits per heavy atom. The molecule has 0 amide bonds. The highest BCUT2D eigenvalue weighted by molar-refractivity contribution is 5.98. The molecule has 0 saturated heterocycles. The smallest absolute Gasteiger partial charge is 0.160 e. The van der Waals surface area contributed by atoms with Crippen LogP contribution in [-0.2, 0) is 5.41 Å². The molecular formula is C38H27N3. The molecule has 0 bridgehead atoms. The van der Waals surface area contributed by atoms with Gasteiger partial charge in [0, 0.05) is 33.7 Å². The number of fused-ring (bicyclic) bond motifs is 5. The fraction of sp³-hybridized carbons (Fsp3) is 0.0789. The molecule has 0 unspecified atom stereocenters. The number of hydrogen-bond acceptors (Lipinski definition) is 3. The van der Waals surface area contributed by atoms with Crippen molar-refractivity contribution in [3.63, 3.8) is 0 Å². The molecule has 1 aliphatic rings. The highest BCUT2D eigenvalue weighted by Gasteiger charge is 2.37. The second-order valence-electron chi connectivity index (χ2n) is 11.3. The lowest BCUT2D eigenvalue weighted by Gasteiger charge is -2.22. The first kappa shape index (κ1) is 23.7. The van der Waals surface area contributed by atoms with Crippen LogP contribution in [0.3, 0.4) is 0 Å². The molecule has 0 spiro atoms. The number of pyridine rings is 1. The summed E-state index contributed by atoms with van der Waals surface area (Å²) in [6.07, 6.45) is 1.83. The Hall–Kier alpha value is -5.15. The van der Waals surface area contributed by atoms with Crippen molar-refractivity contribution in [2.75, 3.05) is 0 Å². The number of hydrogen-bond donors (Lipinski definition) is 0. The molecule has 3 nitrogen and oxygen atoms in total. The molecule has 5 aromatic carbocycles. The maximum Gasteiger partial charge on any atom is 0.160 e. The van der Waals surface area contributed by atoms with Crippen molar-refractivity contribution in [3.05, 3.63) is 139 Å². The Labute approximate surface area is 239 Å². The largest absolute Gasteiger partial charge is 0.256 e. The average molecular weight is 526 g/mol. The van der Waals surface area contributed by atoms with Gasteiger partial charge >= 0.3 is 0 Å². The van der Waals surface area contributed by atoms with Gasteiger partial charge in [-0.15, -0.1) is 0 Å². The molecule has 1 aliphatic carbocycles. The van der Waals surface area contributed by atoms with Gasteiger partial charge < -0.3 is 0 Å². The SMILES string of the molecule is CC1(C)c2cc3ccccc3cc2-c2c(-c3cc(-c4ccc5ncccc5c4)nc(-c4ccccc4)n3)cccc21. The summed E-state index contributed by atoms with van der Waals surface area (Å²) >= 11 is 0. The van der Waals surface area contributed by atoms with E-state index in [1.807, 2.05) is 30.5 Å². The highest BCUT2D eigenvalue weighted by Crippen LogP contribution is 2.53. The summed E-state index contributed by atoms with van der Waals surface area (Å²) in [6, 6.07) is 42.9. The summed E-state index contributed by atoms with van der Waals surface area (Å²) in [4.78, 5) is 14.8. The monoisotopic (exact) mass is 525 g/mol. The van der Waals surface area contributed by atoms with E-state index in [0.717, 1.165) is 44.8 Å². The Morgan fingerprint density at radius 2 is 1.27 bits per heavy atom. The van der Waals surface area contributed by atoms with E-state index in [2.05, 4.69) is 116 Å². The third-order valence-electron chi connectivity index (χ3n) is 8.50. The van der Waals surface area contributed by atoms with Crippen LogP contribution in [0.15, 0.2) is 128 Å². The molecule has 3 heteroatoms. The van der Waals surface area contributed by atoms with Gasteiger partial charge in [0.05, 0.1) is 16.9 Å². The first-order chi connectivity index (χ1) is 20.1. The second kappa shape index (κ2) is 8.94. The van der Waals surface area contributed by atoms with Crippen LogP contribution in [0.5, 0.6) is 0 Å². The molecule has 0 saturated carbocycles. The third-order valence-corrected chi connectivity index (χ3v) is 8.50. The van der Waals surface area contributed by atoms with Crippen molar-refractivity contribution < 1.29 is 0 Å². The molecule has 2 aromatic heterocycles. The van der Waals surface area contributed by atoms with Gasteiger partial charge in [0.15, 0.2) is 5.82 Å². The van der Waals surface area contributed by atoms with Crippen molar-refractivity contribution in [2.24, 2.45) is 0 Å². The zero-order valence-corrected chi connectivity index (χ0v) is 23.0. The normalized spacial score (nSPS) is 13.3. The summed E-state index contributed by atoms with van der Waals surface area (Å²) in [7, 11) is 0. The van der Waals surface area contributed by atoms with Crippen LogP contribution in [0.1, 0.15) is 25.0 Å². The van der Waals surface area contributed by atoms with Gasteiger partial charge in [0.2, 0.25) is 0 Å². The van der Waals surface area contributed by atoms with Crippen LogP contribution in [0.25, 0.3) is 66.7 Å². The number of benzene rings is 5. The number of aromatic nitrogens is 3. The maximum atomic E-state index is 5.20. The lowest BCUT2D eigenvalue weighted by Crippen LogP contribution is -2.14. The zero-order valence-electron chi connectivity index (χ0n) is 23.0. The van der Waals surface area contributed by atoms with Crippen molar-refractivity contribution in [2.45, 2.75) is 19.3 Å². The summed E-state index contributed by atoms with van der Waals surface area (Å²) in [5, 5.41) is 3.62. The van der Waals surface area contributed by atoms with E-state index >= 15 is 0 Å². The molecule has 0 fully saturated rings. The molecule has 7 aromatic rings. The predicted molar refractivity (Wildman–Crippen MR) is 169 cm³/mol. The molecular weight excluding hydrogens is 498 g/mol. The standard InChI is InChI=1S/C38H27N3/c1-38(2)31-16-8-15-29(36(31)30-21-25-12-6-7-13-26(25)22-32(30)38)35-23-34(40-37(41-35)24-10-4-3-5-11-24)28-17-18-33-27(20-28)14-9-19-39-33/h3-23H,1-2H3. The average Bonchev–Trinajstić information content (AvgIpc) is 3.25. The molecule has 8 rings (SSSR count). The van der Waals surface area contributed by atoms with E-state index in [1.165, 1.54) is 33.0 Å². The zero-order chi connectivity index (χ0) is 27.6. The Bertz CT molecular complexity index is 2130. The summed E-state index contributed by atoms with van der Waals surface area (Å²) in [5.74, 6) is 0.720. The maximum absolute atomic E-state index is 5.20. The molecule has 0 atom stereocenters. The van der Waals surface area contributed by atoms with Gasteiger partial charge in [-0.25, -0.2) is 9.97 Å². The van der Waals surface area contributed by atoms with E-state index in [0.29, 0.717) is 0 Å². The fourth-order valence-electron chi connectivity index (χ4n) is 6.37. The van der Waals surface area contributed by atoms with Crippen LogP contribution in [-0.4, -0.2) is 15.0 Å². The lowest BCUT2D eigenvalue weighted by molar-refractivity contribution is 0.661. The molecule has 41 heavy (non-hydrogen) atoms. The molecule has 2 heterocycles. The number of rotatable bonds is 3. The predicted octanol–water partition coefficient (Wildman–Crippen LogP) is 9.49. The van der Waals surface area contributed by atoms with Crippen LogP contribution >= 0.6 is 0 Å². The van der Waals surface area contributed by atoms with Gasteiger partial charge in [-0.1, -0.05) is 98.8 Å². The molecule has 0 radical (unpaired) electrons. The van der Waals surface area contributed by atoms with Crippen LogP contribution in [0, 0.1) is 0 Å². The Kier molecular flexibility index (Phi) is 5.17. The lowest BCUT2D eigenvalue weighted by atomic mass is 9.81. The summed E-state index contributed by atoms with van der Waals surface area (Å²) < 4.78 is 0. The first-order valence-electron chi connectivity index (χ1n) is 14.0. The van der Waals surface area contributed by atoms with Gasteiger partial charge in [-0.2, -0.15) is 0 Å². The minimum absolute atomic E-state index is 0.117. The van der Waals surface area contributed by atoms with Gasteiger partial charge in [0.1, 0.15) is 0 Å². The van der Waals surface area contributed by atoms with Crippen molar-refractivity contribution >= 4 is 21.7 Å². The van der Waals surface area contributed by atoms with Gasteiger partial charge in [0.25, 0.3) is 0 Å². The quantitative estimate of drug-likeness (QED) is 0.231. The Morgan fingerprint density at radius 1 is 0.512 bits per heavy atom. The minimum atomic E-state index is -0.117. The van der Waals surface area contributed by atoms with Crippen LogP contribution in [0.4, 0.5) is 0 Å². The second-order valence-corrected chi connectivity index (χ2v) is 11.3. The van der Waals surface area contributed by atoms with E-state index < -0.39 is 0 Å². The topological polar surface area (TPSA) is 38.7 Å². The van der Waals surface area contributed by atoms with Gasteiger partial charge in [-0.3, -0.25) is 4.98 Å². The minimum Gasteiger partial charge on any atom is -0.256 e. The van der Waals surface area contributed by atoms with Gasteiger partial charge in [-0.05, 0) is 69.4 Å². The molecule has 0 N–H and O–H groups in total. The fourth-order valence-corrected chi connectivity index (χ4v) is 6.37. The Balaban J connectivity index is 1.39. The number of nitrogens with zero attached hydrogens (tertiary/aromatic N) is 3. The van der Waals surface area contributed by atoms with E-state index in [4.69, 9.17) is 9.97 Å². The van der Waals surface area contributed by atoms with Crippen molar-refractivity contribution in [3.8, 4) is 45.0 Å². The summed E-state index contributed by atoms with van der Waals surface area (Å²) in [5.41, 5.74) is 11.1. The highest BCUT2D eigenvalue weighted by atomic mass is 14.9. The van der Waals surface area contributed by atoms with E-state index in [1.54, 1.807) is 0 Å². The van der Waals surface area contributed by atoms with E-state index in [-0.39, 0.29) is 5.41 Å². The van der Waals surface area contributed by atoms with Crippen LogP contribution < -0.4 is 0 Å². The third kappa shape index (κ3) is 3.77.